The van der Waals surface area contributed by atoms with Crippen molar-refractivity contribution in [3.8, 4) is 0 Å². The Morgan fingerprint density at radius 3 is 2.73 bits per heavy atom. The van der Waals surface area contributed by atoms with Crippen LogP contribution in [-0.4, -0.2) is 40.8 Å². The smallest absolute Gasteiger partial charge is 0.242 e. The molecule has 1 aliphatic heterocycles. The number of hydrogen-bond donors (Lipinski definition) is 2. The molecule has 0 aromatic carbocycles. The van der Waals surface area contributed by atoms with Crippen LogP contribution >= 0.6 is 0 Å². The largest absolute Gasteiger partial charge is 0.467 e. The van der Waals surface area contributed by atoms with Crippen LogP contribution in [0.2, 0.25) is 0 Å². The van der Waals surface area contributed by atoms with Crippen molar-refractivity contribution in [1.82, 2.24) is 15.2 Å². The molecule has 0 aliphatic carbocycles. The molecule has 0 bridgehead atoms. The second-order valence-electron chi connectivity index (χ2n) is 6.49. The molecular formula is C19H24N4O3. The summed E-state index contributed by atoms with van der Waals surface area (Å²) in [6, 6.07) is 8.78. The maximum absolute atomic E-state index is 12.4. The summed E-state index contributed by atoms with van der Waals surface area (Å²) in [6.07, 6.45) is 4.72. The van der Waals surface area contributed by atoms with E-state index in [1.807, 2.05) is 19.1 Å². The SMILES string of the molecule is C[C@@H](C(=O)Nc1ccccn1)N1CCC(C(=O)NCc2ccco2)CC1. The molecule has 0 saturated carbocycles. The second-order valence-corrected chi connectivity index (χ2v) is 6.49. The van der Waals surface area contributed by atoms with E-state index >= 15 is 0 Å². The molecule has 2 aromatic rings. The zero-order chi connectivity index (χ0) is 18.4. The summed E-state index contributed by atoms with van der Waals surface area (Å²) in [5.74, 6) is 1.25. The number of carbonyl (C=O) groups is 2. The monoisotopic (exact) mass is 356 g/mol. The van der Waals surface area contributed by atoms with Gasteiger partial charge in [-0.3, -0.25) is 14.5 Å². The highest BCUT2D eigenvalue weighted by molar-refractivity contribution is 5.93. The molecule has 0 radical (unpaired) electrons. The second kappa shape index (κ2) is 8.62. The van der Waals surface area contributed by atoms with E-state index in [-0.39, 0.29) is 23.8 Å². The van der Waals surface area contributed by atoms with Gasteiger partial charge in [0.05, 0.1) is 18.8 Å². The van der Waals surface area contributed by atoms with Crippen LogP contribution in [0.1, 0.15) is 25.5 Å². The van der Waals surface area contributed by atoms with Gasteiger partial charge in [0.25, 0.3) is 0 Å². The fourth-order valence-electron chi connectivity index (χ4n) is 3.11. The zero-order valence-corrected chi connectivity index (χ0v) is 14.9. The summed E-state index contributed by atoms with van der Waals surface area (Å²) in [5.41, 5.74) is 0. The van der Waals surface area contributed by atoms with Crippen LogP contribution < -0.4 is 10.6 Å². The highest BCUT2D eigenvalue weighted by Crippen LogP contribution is 2.20. The van der Waals surface area contributed by atoms with Gasteiger partial charge in [0, 0.05) is 12.1 Å². The Bertz CT molecular complexity index is 710. The van der Waals surface area contributed by atoms with Gasteiger partial charge in [-0.05, 0) is 57.1 Å². The summed E-state index contributed by atoms with van der Waals surface area (Å²) in [6.45, 7) is 3.73. The van der Waals surface area contributed by atoms with Crippen molar-refractivity contribution in [2.45, 2.75) is 32.4 Å². The molecule has 2 aromatic heterocycles. The highest BCUT2D eigenvalue weighted by Gasteiger charge is 2.29. The first-order valence-corrected chi connectivity index (χ1v) is 8.89. The van der Waals surface area contributed by atoms with Crippen LogP contribution in [0.4, 0.5) is 5.82 Å². The van der Waals surface area contributed by atoms with Gasteiger partial charge >= 0.3 is 0 Å². The van der Waals surface area contributed by atoms with Crippen LogP contribution in [0.15, 0.2) is 47.2 Å². The number of nitrogens with one attached hydrogen (secondary N) is 2. The normalized spacial score (nSPS) is 16.8. The molecule has 1 aliphatic rings. The van der Waals surface area contributed by atoms with Crippen LogP contribution in [0, 0.1) is 5.92 Å². The van der Waals surface area contributed by atoms with Gasteiger partial charge < -0.3 is 15.1 Å². The van der Waals surface area contributed by atoms with Crippen molar-refractivity contribution in [3.05, 3.63) is 48.6 Å². The highest BCUT2D eigenvalue weighted by atomic mass is 16.3. The maximum atomic E-state index is 12.4. The first-order valence-electron chi connectivity index (χ1n) is 8.89. The Morgan fingerprint density at radius 1 is 1.27 bits per heavy atom. The van der Waals surface area contributed by atoms with Crippen molar-refractivity contribution >= 4 is 17.6 Å². The van der Waals surface area contributed by atoms with Gasteiger partial charge in [-0.1, -0.05) is 6.07 Å². The Hall–Kier alpha value is -2.67. The van der Waals surface area contributed by atoms with Crippen molar-refractivity contribution in [2.75, 3.05) is 18.4 Å². The first kappa shape index (κ1) is 18.1. The molecule has 0 unspecified atom stereocenters. The predicted octanol–water partition coefficient (Wildman–Crippen LogP) is 2.03. The van der Waals surface area contributed by atoms with Gasteiger partial charge in [0.1, 0.15) is 11.6 Å². The average Bonchev–Trinajstić information content (AvgIpc) is 3.20. The number of rotatable bonds is 6. The van der Waals surface area contributed by atoms with E-state index in [4.69, 9.17) is 4.42 Å². The molecule has 1 fully saturated rings. The summed E-state index contributed by atoms with van der Waals surface area (Å²) in [7, 11) is 0. The molecule has 1 saturated heterocycles. The van der Waals surface area contributed by atoms with Gasteiger partial charge in [0.15, 0.2) is 0 Å². The lowest BCUT2D eigenvalue weighted by Crippen LogP contribution is -2.48. The van der Waals surface area contributed by atoms with Crippen LogP contribution in [-0.2, 0) is 16.1 Å². The number of pyridine rings is 1. The molecule has 2 amide bonds. The van der Waals surface area contributed by atoms with Crippen molar-refractivity contribution in [2.24, 2.45) is 5.92 Å². The molecule has 3 rings (SSSR count). The van der Waals surface area contributed by atoms with Gasteiger partial charge in [0.2, 0.25) is 11.8 Å². The molecule has 2 N–H and O–H groups in total. The molecule has 138 valence electrons. The van der Waals surface area contributed by atoms with Crippen LogP contribution in [0.3, 0.4) is 0 Å². The molecule has 3 heterocycles. The third-order valence-corrected chi connectivity index (χ3v) is 4.76. The quantitative estimate of drug-likeness (QED) is 0.827. The Labute approximate surface area is 152 Å². The third kappa shape index (κ3) is 4.70. The fourth-order valence-corrected chi connectivity index (χ4v) is 3.11. The topological polar surface area (TPSA) is 87.5 Å². The van der Waals surface area contributed by atoms with Crippen LogP contribution in [0.5, 0.6) is 0 Å². The third-order valence-electron chi connectivity index (χ3n) is 4.76. The molecule has 0 spiro atoms. The van der Waals surface area contributed by atoms with Crippen molar-refractivity contribution < 1.29 is 14.0 Å². The predicted molar refractivity (Wildman–Crippen MR) is 97.2 cm³/mol. The van der Waals surface area contributed by atoms with E-state index in [9.17, 15) is 9.59 Å². The summed E-state index contributed by atoms with van der Waals surface area (Å²) in [5, 5.41) is 5.74. The van der Waals surface area contributed by atoms with E-state index < -0.39 is 0 Å². The number of anilines is 1. The maximum Gasteiger partial charge on any atom is 0.242 e. The molecule has 7 nitrogen and oxygen atoms in total. The van der Waals surface area contributed by atoms with Gasteiger partial charge in [-0.15, -0.1) is 0 Å². The molecular weight excluding hydrogens is 332 g/mol. The molecule has 7 heteroatoms. The Morgan fingerprint density at radius 2 is 2.08 bits per heavy atom. The van der Waals surface area contributed by atoms with Gasteiger partial charge in [-0.2, -0.15) is 0 Å². The molecule has 1 atom stereocenters. The summed E-state index contributed by atoms with van der Waals surface area (Å²) < 4.78 is 5.22. The summed E-state index contributed by atoms with van der Waals surface area (Å²) in [4.78, 5) is 30.9. The fraction of sp³-hybridized carbons (Fsp3) is 0.421. The van der Waals surface area contributed by atoms with Crippen LogP contribution in [0.25, 0.3) is 0 Å². The number of piperidine rings is 1. The van der Waals surface area contributed by atoms with E-state index in [2.05, 4.69) is 20.5 Å². The minimum atomic E-state index is -0.260. The number of hydrogen-bond acceptors (Lipinski definition) is 5. The minimum absolute atomic E-state index is 0.0211. The first-order chi connectivity index (χ1) is 12.6. The lowest BCUT2D eigenvalue weighted by molar-refractivity contribution is -0.127. The lowest BCUT2D eigenvalue weighted by atomic mass is 9.95. The average molecular weight is 356 g/mol. The number of likely N-dealkylation sites (tertiary alicyclic amines) is 1. The summed E-state index contributed by atoms with van der Waals surface area (Å²) >= 11 is 0. The number of nitrogens with zero attached hydrogens (tertiary/aromatic N) is 2. The molecule has 26 heavy (non-hydrogen) atoms. The van der Waals surface area contributed by atoms with Gasteiger partial charge in [-0.25, -0.2) is 4.98 Å². The number of carbonyl (C=O) groups excluding carboxylic acids is 2. The van der Waals surface area contributed by atoms with E-state index in [1.54, 1.807) is 30.7 Å². The standard InChI is InChI=1S/C19H24N4O3/c1-14(18(24)22-17-6-2-3-9-20-17)23-10-7-15(8-11-23)19(25)21-13-16-5-4-12-26-16/h2-6,9,12,14-15H,7-8,10-11,13H2,1H3,(H,21,25)(H,20,22,24)/t14-/m0/s1. The number of amides is 2. The van der Waals surface area contributed by atoms with Crippen molar-refractivity contribution in [1.29, 1.82) is 0 Å². The van der Waals surface area contributed by atoms with E-state index in [0.29, 0.717) is 12.4 Å². The lowest BCUT2D eigenvalue weighted by Gasteiger charge is -2.34. The van der Waals surface area contributed by atoms with E-state index in [0.717, 1.165) is 31.7 Å². The Balaban J connectivity index is 1.43. The Kier molecular flexibility index (Phi) is 6.01. The van der Waals surface area contributed by atoms with Crippen molar-refractivity contribution in [3.63, 3.8) is 0 Å². The zero-order valence-electron chi connectivity index (χ0n) is 14.9. The number of furan rings is 1. The van der Waals surface area contributed by atoms with E-state index in [1.165, 1.54) is 0 Å². The number of aromatic nitrogens is 1. The minimum Gasteiger partial charge on any atom is -0.467 e.